The lowest BCUT2D eigenvalue weighted by atomic mass is 9.80. The fourth-order valence-electron chi connectivity index (χ4n) is 9.72. The summed E-state index contributed by atoms with van der Waals surface area (Å²) in [4.78, 5) is 2.52. The fraction of sp³-hybridized carbons (Fsp3) is 0.107. The van der Waals surface area contributed by atoms with E-state index >= 15 is 0 Å². The number of nitrogens with zero attached hydrogens (tertiary/aromatic N) is 1. The van der Waals surface area contributed by atoms with Crippen LogP contribution in [0.5, 0.6) is 0 Å². The van der Waals surface area contributed by atoms with Crippen molar-refractivity contribution in [3.05, 3.63) is 200 Å². The van der Waals surface area contributed by atoms with E-state index in [4.69, 9.17) is 0 Å². The Hall–Kier alpha value is -6.48. The van der Waals surface area contributed by atoms with Crippen molar-refractivity contribution in [1.82, 2.24) is 0 Å². The summed E-state index contributed by atoms with van der Waals surface area (Å²) in [6, 6.07) is 72.3. The number of rotatable bonds is 7. The van der Waals surface area contributed by atoms with Crippen LogP contribution >= 0.6 is 11.3 Å². The van der Waals surface area contributed by atoms with E-state index in [1.165, 1.54) is 118 Å². The molecular weight excluding hydrogens is 719 g/mol. The minimum absolute atomic E-state index is 0.589. The summed E-state index contributed by atoms with van der Waals surface area (Å²) in [6.07, 6.45) is 6.50. The van der Waals surface area contributed by atoms with E-state index < -0.39 is 0 Å². The van der Waals surface area contributed by atoms with Gasteiger partial charge < -0.3 is 4.90 Å². The summed E-state index contributed by atoms with van der Waals surface area (Å²) in [5, 5.41) is 7.87. The normalized spacial score (nSPS) is 13.4. The van der Waals surface area contributed by atoms with Crippen LogP contribution in [-0.2, 0) is 0 Å². The number of hydrogen-bond donors (Lipinski definition) is 0. The standard InChI is InChI=1S/C56H43NS/c1-2-16-40(17-3-1)45-24-12-19-41-20-13-25-48(55(41)45)46-21-6-9-27-51(46)57(44-35-33-39(34-36-44)43-32-31-38-15-4-5-18-42(38)37-43)52-28-10-7-22-47(52)49-26-14-30-54-56(49)50-23-8-11-29-53(50)58-54/h4-15,18-37,40H,1-3,16-17H2. The molecule has 278 valence electrons. The van der Waals surface area contributed by atoms with E-state index in [2.05, 4.69) is 199 Å². The van der Waals surface area contributed by atoms with Crippen molar-refractivity contribution < 1.29 is 0 Å². The second-order valence-corrected chi connectivity index (χ2v) is 16.9. The van der Waals surface area contributed by atoms with Gasteiger partial charge in [-0.2, -0.15) is 0 Å². The second kappa shape index (κ2) is 14.8. The van der Waals surface area contributed by atoms with Crippen LogP contribution in [0.25, 0.3) is 75.1 Å². The average molecular weight is 762 g/mol. The van der Waals surface area contributed by atoms with Crippen LogP contribution in [0, 0.1) is 0 Å². The third kappa shape index (κ3) is 6.08. The Morgan fingerprint density at radius 1 is 0.397 bits per heavy atom. The quantitative estimate of drug-likeness (QED) is 0.156. The number of hydrogen-bond acceptors (Lipinski definition) is 2. The van der Waals surface area contributed by atoms with E-state index in [1.807, 2.05) is 11.3 Å². The predicted octanol–water partition coefficient (Wildman–Crippen LogP) is 16.9. The summed E-state index contributed by atoms with van der Waals surface area (Å²) in [7, 11) is 0. The maximum atomic E-state index is 2.52. The van der Waals surface area contributed by atoms with Gasteiger partial charge in [0.15, 0.2) is 0 Å². The molecule has 0 bridgehead atoms. The van der Waals surface area contributed by atoms with Crippen molar-refractivity contribution in [2.24, 2.45) is 0 Å². The van der Waals surface area contributed by atoms with Gasteiger partial charge in [-0.15, -0.1) is 11.3 Å². The summed E-state index contributed by atoms with van der Waals surface area (Å²) in [5.41, 5.74) is 12.4. The number of fused-ring (bicyclic) bond motifs is 5. The molecule has 2 heteroatoms. The molecule has 1 aliphatic carbocycles. The summed E-state index contributed by atoms with van der Waals surface area (Å²) >= 11 is 1.88. The van der Waals surface area contributed by atoms with Gasteiger partial charge in [0.2, 0.25) is 0 Å². The van der Waals surface area contributed by atoms with Crippen molar-refractivity contribution in [1.29, 1.82) is 0 Å². The molecule has 11 rings (SSSR count). The highest BCUT2D eigenvalue weighted by Crippen LogP contribution is 2.49. The molecule has 0 atom stereocenters. The third-order valence-corrected chi connectivity index (χ3v) is 13.6. The lowest BCUT2D eigenvalue weighted by molar-refractivity contribution is 0.445. The Bertz CT molecular complexity index is 3100. The van der Waals surface area contributed by atoms with E-state index in [0.29, 0.717) is 5.92 Å². The molecular formula is C56H43NS. The topological polar surface area (TPSA) is 3.24 Å². The Balaban J connectivity index is 1.14. The largest absolute Gasteiger partial charge is 0.309 e. The third-order valence-electron chi connectivity index (χ3n) is 12.5. The van der Waals surface area contributed by atoms with E-state index in [1.54, 1.807) is 0 Å². The van der Waals surface area contributed by atoms with Gasteiger partial charge in [0, 0.05) is 37.0 Å². The zero-order valence-corrected chi connectivity index (χ0v) is 33.3. The van der Waals surface area contributed by atoms with E-state index in [0.717, 1.165) is 11.4 Å². The molecule has 9 aromatic carbocycles. The van der Waals surface area contributed by atoms with Crippen LogP contribution in [0.3, 0.4) is 0 Å². The van der Waals surface area contributed by atoms with Crippen molar-refractivity contribution >= 4 is 70.1 Å². The monoisotopic (exact) mass is 761 g/mol. The maximum absolute atomic E-state index is 2.52. The highest BCUT2D eigenvalue weighted by atomic mass is 32.1. The first kappa shape index (κ1) is 34.7. The molecule has 0 spiro atoms. The van der Waals surface area contributed by atoms with Gasteiger partial charge in [0.1, 0.15) is 0 Å². The molecule has 0 saturated heterocycles. The van der Waals surface area contributed by atoms with E-state index in [-0.39, 0.29) is 0 Å². The molecule has 0 radical (unpaired) electrons. The number of benzene rings is 9. The minimum Gasteiger partial charge on any atom is -0.309 e. The minimum atomic E-state index is 0.589. The SMILES string of the molecule is c1ccc(N(c2ccc(-c3ccc4ccccc4c3)cc2)c2ccccc2-c2cccc3sc4ccccc4c23)c(-c2cccc3cccc(C4CCCCC4)c23)c1. The zero-order valence-electron chi connectivity index (χ0n) is 32.4. The molecule has 0 aliphatic heterocycles. The molecule has 1 fully saturated rings. The number of para-hydroxylation sites is 2. The lowest BCUT2D eigenvalue weighted by Gasteiger charge is -2.31. The van der Waals surface area contributed by atoms with Crippen LogP contribution in [0.1, 0.15) is 43.6 Å². The fourth-order valence-corrected chi connectivity index (χ4v) is 10.9. The van der Waals surface area contributed by atoms with Gasteiger partial charge in [-0.05, 0) is 111 Å². The highest BCUT2D eigenvalue weighted by molar-refractivity contribution is 7.25. The van der Waals surface area contributed by atoms with Gasteiger partial charge in [0.25, 0.3) is 0 Å². The lowest BCUT2D eigenvalue weighted by Crippen LogP contribution is -2.12. The van der Waals surface area contributed by atoms with Crippen molar-refractivity contribution in [2.75, 3.05) is 4.90 Å². The number of thiophene rings is 1. The van der Waals surface area contributed by atoms with Crippen molar-refractivity contribution in [3.63, 3.8) is 0 Å². The van der Waals surface area contributed by atoms with Crippen molar-refractivity contribution in [2.45, 2.75) is 38.0 Å². The molecule has 0 unspecified atom stereocenters. The molecule has 1 aliphatic rings. The molecule has 1 saturated carbocycles. The van der Waals surface area contributed by atoms with E-state index in [9.17, 15) is 0 Å². The summed E-state index contributed by atoms with van der Waals surface area (Å²) < 4.78 is 2.63. The molecule has 0 N–H and O–H groups in total. The first-order valence-corrected chi connectivity index (χ1v) is 21.6. The summed E-state index contributed by atoms with van der Waals surface area (Å²) in [6.45, 7) is 0. The zero-order chi connectivity index (χ0) is 38.4. The predicted molar refractivity (Wildman–Crippen MR) is 251 cm³/mol. The molecule has 58 heavy (non-hydrogen) atoms. The summed E-state index contributed by atoms with van der Waals surface area (Å²) in [5.74, 6) is 0.589. The average Bonchev–Trinajstić information content (AvgIpc) is 3.69. The highest BCUT2D eigenvalue weighted by Gasteiger charge is 2.25. The van der Waals surface area contributed by atoms with Gasteiger partial charge in [0.05, 0.1) is 11.4 Å². The Morgan fingerprint density at radius 3 is 1.74 bits per heavy atom. The first-order valence-electron chi connectivity index (χ1n) is 20.8. The second-order valence-electron chi connectivity index (χ2n) is 15.8. The van der Waals surface area contributed by atoms with Gasteiger partial charge in [-0.25, -0.2) is 0 Å². The van der Waals surface area contributed by atoms with Crippen LogP contribution < -0.4 is 4.90 Å². The Kier molecular flexibility index (Phi) is 8.86. The molecule has 1 aromatic heterocycles. The molecule has 1 heterocycles. The van der Waals surface area contributed by atoms with Gasteiger partial charge in [-0.3, -0.25) is 0 Å². The molecule has 1 nitrogen and oxygen atoms in total. The maximum Gasteiger partial charge on any atom is 0.0540 e. The van der Waals surface area contributed by atoms with Crippen LogP contribution in [0.15, 0.2) is 194 Å². The van der Waals surface area contributed by atoms with Crippen molar-refractivity contribution in [3.8, 4) is 33.4 Å². The van der Waals surface area contributed by atoms with Gasteiger partial charge >= 0.3 is 0 Å². The van der Waals surface area contributed by atoms with Crippen LogP contribution in [0.4, 0.5) is 17.1 Å². The number of anilines is 3. The van der Waals surface area contributed by atoms with Crippen LogP contribution in [-0.4, -0.2) is 0 Å². The Labute approximate surface area is 344 Å². The molecule has 10 aromatic rings. The Morgan fingerprint density at radius 2 is 0.966 bits per heavy atom. The van der Waals surface area contributed by atoms with Gasteiger partial charge in [-0.1, -0.05) is 171 Å². The first-order chi connectivity index (χ1) is 28.8. The smallest absolute Gasteiger partial charge is 0.0540 e. The molecule has 0 amide bonds. The van der Waals surface area contributed by atoms with Crippen LogP contribution in [0.2, 0.25) is 0 Å².